The van der Waals surface area contributed by atoms with Crippen LogP contribution in [0.25, 0.3) is 0 Å². The number of aromatic amines is 2. The predicted molar refractivity (Wildman–Crippen MR) is 68.9 cm³/mol. The second kappa shape index (κ2) is 6.63. The lowest BCUT2D eigenvalue weighted by Crippen LogP contribution is -2.01. The van der Waals surface area contributed by atoms with Gasteiger partial charge in [0.05, 0.1) is 25.0 Å². The number of Topliss-reactive ketones (excluding diaryl/α,β-unsaturated/α-hetero) is 2. The Morgan fingerprint density at radius 1 is 0.842 bits per heavy atom. The molecule has 0 spiro atoms. The summed E-state index contributed by atoms with van der Waals surface area (Å²) >= 11 is 0. The maximum atomic E-state index is 11.6. The standard InChI is InChI=1S/C13H16N4O2/c18-12(10-6-14-8-16-10)4-2-1-3-5-13(19)11-7-15-9-17-11/h6-9H,1-5H2,(H,14,16)(H,15,17). The van der Waals surface area contributed by atoms with Gasteiger partial charge in [-0.2, -0.15) is 0 Å². The first-order valence-corrected chi connectivity index (χ1v) is 6.30. The van der Waals surface area contributed by atoms with Gasteiger partial charge in [-0.25, -0.2) is 9.97 Å². The Morgan fingerprint density at radius 3 is 1.68 bits per heavy atom. The third-order valence-electron chi connectivity index (χ3n) is 2.90. The maximum absolute atomic E-state index is 11.6. The minimum absolute atomic E-state index is 0.0670. The third kappa shape index (κ3) is 3.87. The Balaban J connectivity index is 1.60. The SMILES string of the molecule is O=C(CCCCCC(=O)c1cnc[nH]1)c1cnc[nH]1. The van der Waals surface area contributed by atoms with Gasteiger partial charge in [-0.3, -0.25) is 9.59 Å². The molecular weight excluding hydrogens is 244 g/mol. The number of ketones is 2. The van der Waals surface area contributed by atoms with E-state index in [2.05, 4.69) is 19.9 Å². The maximum Gasteiger partial charge on any atom is 0.180 e. The molecule has 19 heavy (non-hydrogen) atoms. The Morgan fingerprint density at radius 2 is 1.32 bits per heavy atom. The van der Waals surface area contributed by atoms with Crippen LogP contribution in [0.4, 0.5) is 0 Å². The van der Waals surface area contributed by atoms with Crippen molar-refractivity contribution in [2.24, 2.45) is 0 Å². The first-order valence-electron chi connectivity index (χ1n) is 6.30. The summed E-state index contributed by atoms with van der Waals surface area (Å²) in [5, 5.41) is 0. The fourth-order valence-electron chi connectivity index (χ4n) is 1.83. The number of H-pyrrole nitrogens is 2. The van der Waals surface area contributed by atoms with E-state index in [1.54, 1.807) is 0 Å². The fraction of sp³-hybridized carbons (Fsp3) is 0.385. The third-order valence-corrected chi connectivity index (χ3v) is 2.90. The van der Waals surface area contributed by atoms with Crippen molar-refractivity contribution in [2.45, 2.75) is 32.1 Å². The summed E-state index contributed by atoms with van der Waals surface area (Å²) in [6.07, 6.45) is 9.46. The molecule has 0 unspecified atom stereocenters. The van der Waals surface area contributed by atoms with Crippen molar-refractivity contribution in [3.05, 3.63) is 36.4 Å². The number of rotatable bonds is 8. The van der Waals surface area contributed by atoms with Gasteiger partial charge < -0.3 is 9.97 Å². The van der Waals surface area contributed by atoms with E-state index in [9.17, 15) is 9.59 Å². The van der Waals surface area contributed by atoms with Crippen molar-refractivity contribution >= 4 is 11.6 Å². The number of aromatic nitrogens is 4. The summed E-state index contributed by atoms with van der Waals surface area (Å²) in [5.41, 5.74) is 1.10. The zero-order chi connectivity index (χ0) is 13.5. The molecule has 6 heteroatoms. The zero-order valence-corrected chi connectivity index (χ0v) is 10.6. The Hall–Kier alpha value is -2.24. The van der Waals surface area contributed by atoms with E-state index in [1.807, 2.05) is 0 Å². The molecule has 0 aliphatic rings. The molecule has 0 amide bonds. The lowest BCUT2D eigenvalue weighted by Gasteiger charge is -1.99. The largest absolute Gasteiger partial charge is 0.342 e. The normalized spacial score (nSPS) is 10.5. The lowest BCUT2D eigenvalue weighted by molar-refractivity contribution is 0.0974. The molecule has 100 valence electrons. The van der Waals surface area contributed by atoms with Crippen LogP contribution in [0.15, 0.2) is 25.0 Å². The molecule has 0 fully saturated rings. The molecule has 0 bridgehead atoms. The summed E-state index contributed by atoms with van der Waals surface area (Å²) in [7, 11) is 0. The van der Waals surface area contributed by atoms with Gasteiger partial charge in [-0.15, -0.1) is 0 Å². The van der Waals surface area contributed by atoms with Crippen molar-refractivity contribution in [3.8, 4) is 0 Å². The molecule has 6 nitrogen and oxygen atoms in total. The van der Waals surface area contributed by atoms with Gasteiger partial charge in [0, 0.05) is 12.8 Å². The van der Waals surface area contributed by atoms with Crippen molar-refractivity contribution in [2.75, 3.05) is 0 Å². The highest BCUT2D eigenvalue weighted by atomic mass is 16.1. The van der Waals surface area contributed by atoms with Crippen molar-refractivity contribution < 1.29 is 9.59 Å². The van der Waals surface area contributed by atoms with Gasteiger partial charge in [-0.05, 0) is 12.8 Å². The lowest BCUT2D eigenvalue weighted by atomic mass is 10.1. The number of hydrogen-bond donors (Lipinski definition) is 2. The summed E-state index contributed by atoms with van der Waals surface area (Å²) in [6, 6.07) is 0. The molecule has 2 aromatic rings. The molecule has 0 saturated carbocycles. The number of carbonyl (C=O) groups excluding carboxylic acids is 2. The van der Waals surface area contributed by atoms with Gasteiger partial charge in [-0.1, -0.05) is 6.42 Å². The average Bonchev–Trinajstić information content (AvgIpc) is 3.10. The number of unbranched alkanes of at least 4 members (excludes halogenated alkanes) is 2. The van der Waals surface area contributed by atoms with Crippen LogP contribution in [0.5, 0.6) is 0 Å². The Kier molecular flexibility index (Phi) is 4.60. The number of nitrogens with one attached hydrogen (secondary N) is 2. The van der Waals surface area contributed by atoms with Crippen molar-refractivity contribution in [1.82, 2.24) is 19.9 Å². The molecule has 2 rings (SSSR count). The van der Waals surface area contributed by atoms with Crippen LogP contribution in [0.3, 0.4) is 0 Å². The minimum atomic E-state index is 0.0670. The minimum Gasteiger partial charge on any atom is -0.342 e. The number of nitrogens with zero attached hydrogens (tertiary/aromatic N) is 2. The van der Waals surface area contributed by atoms with Gasteiger partial charge in [0.25, 0.3) is 0 Å². The van der Waals surface area contributed by atoms with E-state index < -0.39 is 0 Å². The van der Waals surface area contributed by atoms with Gasteiger partial charge in [0.2, 0.25) is 0 Å². The predicted octanol–water partition coefficient (Wildman–Crippen LogP) is 2.15. The van der Waals surface area contributed by atoms with E-state index in [0.29, 0.717) is 24.2 Å². The van der Waals surface area contributed by atoms with Crippen LogP contribution >= 0.6 is 0 Å². The quantitative estimate of drug-likeness (QED) is 0.562. The van der Waals surface area contributed by atoms with Gasteiger partial charge >= 0.3 is 0 Å². The summed E-state index contributed by atoms with van der Waals surface area (Å²) < 4.78 is 0. The van der Waals surface area contributed by atoms with Crippen LogP contribution in [-0.4, -0.2) is 31.5 Å². The molecule has 2 N–H and O–H groups in total. The van der Waals surface area contributed by atoms with E-state index in [0.717, 1.165) is 19.3 Å². The monoisotopic (exact) mass is 260 g/mol. The van der Waals surface area contributed by atoms with E-state index in [1.165, 1.54) is 25.0 Å². The van der Waals surface area contributed by atoms with Gasteiger partial charge in [0.15, 0.2) is 11.6 Å². The highest BCUT2D eigenvalue weighted by Crippen LogP contribution is 2.09. The molecule has 2 aromatic heterocycles. The zero-order valence-electron chi connectivity index (χ0n) is 10.6. The van der Waals surface area contributed by atoms with Crippen LogP contribution in [0, 0.1) is 0 Å². The first kappa shape index (κ1) is 13.2. The summed E-state index contributed by atoms with van der Waals surface area (Å²) in [6.45, 7) is 0. The summed E-state index contributed by atoms with van der Waals surface area (Å²) in [5.74, 6) is 0.134. The Bertz CT molecular complexity index is 469. The van der Waals surface area contributed by atoms with Crippen LogP contribution in [0.2, 0.25) is 0 Å². The Labute approximate surface area is 110 Å². The molecule has 0 radical (unpaired) electrons. The van der Waals surface area contributed by atoms with Crippen molar-refractivity contribution in [3.63, 3.8) is 0 Å². The molecule has 0 saturated heterocycles. The highest BCUT2D eigenvalue weighted by molar-refractivity contribution is 5.94. The molecule has 2 heterocycles. The second-order valence-electron chi connectivity index (χ2n) is 4.34. The van der Waals surface area contributed by atoms with E-state index in [-0.39, 0.29) is 11.6 Å². The van der Waals surface area contributed by atoms with E-state index >= 15 is 0 Å². The highest BCUT2D eigenvalue weighted by Gasteiger charge is 2.08. The van der Waals surface area contributed by atoms with Crippen LogP contribution in [-0.2, 0) is 0 Å². The molecule has 0 aromatic carbocycles. The second-order valence-corrected chi connectivity index (χ2v) is 4.34. The smallest absolute Gasteiger partial charge is 0.180 e. The first-order chi connectivity index (χ1) is 9.27. The average molecular weight is 260 g/mol. The molecule has 0 atom stereocenters. The van der Waals surface area contributed by atoms with Gasteiger partial charge in [0.1, 0.15) is 11.4 Å². The fourth-order valence-corrected chi connectivity index (χ4v) is 1.83. The summed E-state index contributed by atoms with van der Waals surface area (Å²) in [4.78, 5) is 36.5. The topological polar surface area (TPSA) is 91.5 Å². The van der Waals surface area contributed by atoms with Crippen LogP contribution in [0.1, 0.15) is 53.1 Å². The molecular formula is C13H16N4O2. The number of carbonyl (C=O) groups is 2. The van der Waals surface area contributed by atoms with Crippen LogP contribution < -0.4 is 0 Å². The molecule has 0 aliphatic carbocycles. The van der Waals surface area contributed by atoms with E-state index in [4.69, 9.17) is 0 Å². The molecule has 0 aliphatic heterocycles. The number of imidazole rings is 2. The number of hydrogen-bond acceptors (Lipinski definition) is 4. The van der Waals surface area contributed by atoms with Crippen molar-refractivity contribution in [1.29, 1.82) is 0 Å².